The minimum absolute atomic E-state index is 0.0743. The summed E-state index contributed by atoms with van der Waals surface area (Å²) in [5.41, 5.74) is 7.52. The molecule has 740 valence electrons. The van der Waals surface area contributed by atoms with Crippen LogP contribution in [0.1, 0.15) is 200 Å². The van der Waals surface area contributed by atoms with E-state index in [1.54, 1.807) is 117 Å². The maximum Gasteiger partial charge on any atom is 0.330 e. The van der Waals surface area contributed by atoms with E-state index in [0.717, 1.165) is 147 Å². The van der Waals surface area contributed by atoms with Crippen LogP contribution in [0.15, 0.2) is 172 Å². The van der Waals surface area contributed by atoms with Crippen molar-refractivity contribution in [1.29, 1.82) is 0 Å². The normalized spacial score (nSPS) is 16.7. The summed E-state index contributed by atoms with van der Waals surface area (Å²) >= 11 is 0. The number of aryl methyl sites for hydroxylation is 6. The first kappa shape index (κ1) is 98.6. The van der Waals surface area contributed by atoms with Crippen LogP contribution in [-0.4, -0.2) is 249 Å². The van der Waals surface area contributed by atoms with E-state index in [0.29, 0.717) is 182 Å². The van der Waals surface area contributed by atoms with Crippen molar-refractivity contribution in [2.24, 2.45) is 23.7 Å². The Morgan fingerprint density at radius 2 is 0.599 bits per heavy atom. The van der Waals surface area contributed by atoms with Crippen LogP contribution in [0.2, 0.25) is 0 Å². The number of carbonyl (C=O) groups excluding carboxylic acids is 8. The number of aromatic nitrogens is 12. The summed E-state index contributed by atoms with van der Waals surface area (Å²) in [6, 6.07) is 31.8. The van der Waals surface area contributed by atoms with Crippen molar-refractivity contribution in [3.8, 4) is 0 Å². The van der Waals surface area contributed by atoms with Crippen molar-refractivity contribution in [2.75, 3.05) is 105 Å². The average Bonchev–Trinajstić information content (AvgIpc) is 0.906. The second kappa shape index (κ2) is 43.4. The Bertz CT molecular complexity index is 6980. The molecule has 0 unspecified atom stereocenters. The predicted molar refractivity (Wildman–Crippen MR) is 535 cm³/mol. The molecule has 4 saturated carbocycles. The van der Waals surface area contributed by atoms with Crippen molar-refractivity contribution in [2.45, 2.75) is 170 Å². The summed E-state index contributed by atoms with van der Waals surface area (Å²) in [5.74, 6) is 1.18. The molecule has 12 aromatic rings. The summed E-state index contributed by atoms with van der Waals surface area (Å²) in [5, 5.41) is 1.53. The molecule has 20 rings (SSSR count). The zero-order chi connectivity index (χ0) is 99.8. The molecule has 8 aliphatic rings. The first-order chi connectivity index (χ1) is 68.5. The molecular weight excluding hydrogens is 1810 g/mol. The molecule has 8 aromatic heterocycles. The number of rotatable bonds is 16. The highest BCUT2D eigenvalue weighted by Crippen LogP contribution is 2.33. The zero-order valence-electron chi connectivity index (χ0n) is 81.2. The van der Waals surface area contributed by atoms with Crippen LogP contribution in [0.4, 0.5) is 0 Å². The van der Waals surface area contributed by atoms with Gasteiger partial charge in [-0.3, -0.25) is 106 Å². The monoisotopic (exact) mass is 1930 g/mol. The Balaban J connectivity index is 0.000000130. The van der Waals surface area contributed by atoms with Crippen molar-refractivity contribution >= 4 is 91.1 Å². The van der Waals surface area contributed by atoms with Crippen LogP contribution in [0, 0.1) is 65.2 Å². The lowest BCUT2D eigenvalue weighted by Crippen LogP contribution is -2.51. The van der Waals surface area contributed by atoms with Gasteiger partial charge >= 0.3 is 22.8 Å². The fraction of sp³-hybridized carbons (Fsp3) is 0.434. The van der Waals surface area contributed by atoms with E-state index in [-0.39, 0.29) is 97.1 Å². The van der Waals surface area contributed by atoms with E-state index in [1.807, 2.05) is 97.5 Å². The first-order valence-electron chi connectivity index (χ1n) is 49.5. The van der Waals surface area contributed by atoms with Gasteiger partial charge in [0.2, 0.25) is 23.6 Å². The third-order valence-electron chi connectivity index (χ3n) is 29.3. The van der Waals surface area contributed by atoms with Crippen LogP contribution in [-0.2, 0) is 45.4 Å². The Hall–Kier alpha value is -15.0. The highest BCUT2D eigenvalue weighted by Gasteiger charge is 2.37. The molecule has 0 bridgehead atoms. The van der Waals surface area contributed by atoms with Gasteiger partial charge in [-0.15, -0.1) is 0 Å². The minimum Gasteiger partial charge on any atom is -0.339 e. The van der Waals surface area contributed by atoms with E-state index >= 15 is 0 Å². The molecule has 12 heterocycles. The topological polar surface area (TPSA) is 433 Å². The third-order valence-corrected chi connectivity index (χ3v) is 29.3. The Morgan fingerprint density at radius 3 is 0.993 bits per heavy atom. The molecule has 0 atom stereocenters. The first-order valence-corrected chi connectivity index (χ1v) is 49.5. The van der Waals surface area contributed by atoms with E-state index in [2.05, 4.69) is 39.9 Å². The van der Waals surface area contributed by atoms with Crippen molar-refractivity contribution in [3.05, 3.63) is 295 Å². The van der Waals surface area contributed by atoms with Gasteiger partial charge < -0.3 is 39.2 Å². The molecule has 36 nitrogen and oxygen atoms in total. The number of para-hydroxylation sites is 1. The number of fused-ring (bicyclic) bond motifs is 4. The van der Waals surface area contributed by atoms with E-state index in [1.165, 1.54) is 18.3 Å². The lowest BCUT2D eigenvalue weighted by atomic mass is 10.0. The molecule has 4 aliphatic heterocycles. The number of hydrogen-bond acceptors (Lipinski definition) is 20. The average molecular weight is 1930 g/mol. The van der Waals surface area contributed by atoms with Gasteiger partial charge in [-0.1, -0.05) is 99.4 Å². The van der Waals surface area contributed by atoms with Gasteiger partial charge in [0.05, 0.1) is 70.1 Å². The largest absolute Gasteiger partial charge is 0.339 e. The fourth-order valence-corrected chi connectivity index (χ4v) is 21.0. The van der Waals surface area contributed by atoms with Gasteiger partial charge in [0.15, 0.2) is 0 Å². The maximum absolute atomic E-state index is 13.4. The highest BCUT2D eigenvalue weighted by molar-refractivity contribution is 5.99. The number of H-pyrrole nitrogens is 4. The lowest BCUT2D eigenvalue weighted by Gasteiger charge is -2.36. The second-order valence-corrected chi connectivity index (χ2v) is 38.9. The van der Waals surface area contributed by atoms with E-state index in [9.17, 15) is 76.7 Å². The van der Waals surface area contributed by atoms with Gasteiger partial charge in [-0.25, -0.2) is 29.1 Å². The molecule has 8 amide bonds. The smallest absolute Gasteiger partial charge is 0.330 e. The Labute approximate surface area is 816 Å². The van der Waals surface area contributed by atoms with E-state index in [4.69, 9.17) is 0 Å². The van der Waals surface area contributed by atoms with Crippen LogP contribution in [0.25, 0.3) is 43.9 Å². The Morgan fingerprint density at radius 1 is 0.282 bits per heavy atom. The fourth-order valence-electron chi connectivity index (χ4n) is 21.0. The standard InChI is InChI=1S/2C27H31N5O4.2C26H29N5O4/c1-17-13-22-23(28-15-17)32(27(36)29-24(22)33)16-19-8-7-18(2)21(14-19)26(35)31-11-9-30(10-12-31)25(34)20-5-3-4-6-20;1-17-7-8-23-22(13-17)24(33)29-27(36)32(23)16-20-14-21(18(2)15-28-20)26(35)31-11-9-30(10-12-31)25(34)19-5-3-4-6-19;1-17-15-27-19(16-31-22-9-5-4-8-20(22)23(32)28-26(31)35)14-21(17)25(34)30-12-10-29(11-13-30)24(33)18-6-2-3-7-18;1-17-8-9-18(16-31-22-20(7-4-10-27-22)23(32)28-26(31)35)15-21(17)25(34)30-13-11-29(12-14-30)24(33)19-5-2-3-6-19/h7-8,13-15,20H,3-6,9-12,16H2,1-2H3,(H,29,33,36);7-8,13-15,19H,3-6,9-12,16H2,1-2H3,(H,29,33,36);4-5,8-9,14-15,18H,2-3,6-7,10-13,16H2,1H3,(H,28,32,35);4,7-10,15,19H,2-3,5-6,11-14,16H2,1H3,(H,28,32,35). The summed E-state index contributed by atoms with van der Waals surface area (Å²) in [6.07, 6.45) is 23.3. The van der Waals surface area contributed by atoms with Gasteiger partial charge in [-0.2, -0.15) is 0 Å². The quantitative estimate of drug-likeness (QED) is 0.0706. The SMILES string of the molecule is Cc1ccc(Cn2c(=O)[nH]c(=O)c3cccnc32)cc1C(=O)N1CCN(C(=O)C2CCCC2)CC1.Cc1ccc2c(c1)c(=O)[nH]c(=O)n2Cc1cc(C(=O)N2CCN(C(=O)C3CCCC3)CC2)c(C)cn1.Cc1cnc(Cn2c(=O)[nH]c(=O)c3ccccc32)cc1C(=O)N1CCN(C(=O)C2CCCC2)CC1.Cc1cnc2c(c1)c(=O)[nH]c(=O)n2Cc1ccc(C)c(C(=O)N2CCN(C(=O)C3CCCC3)CC2)c1. The van der Waals surface area contributed by atoms with Gasteiger partial charge in [-0.05, 0) is 199 Å². The third kappa shape index (κ3) is 21.8. The van der Waals surface area contributed by atoms with Crippen LogP contribution in [0.3, 0.4) is 0 Å². The maximum atomic E-state index is 13.4. The van der Waals surface area contributed by atoms with Gasteiger partial charge in [0.1, 0.15) is 11.3 Å². The molecule has 8 fully saturated rings. The Kier molecular flexibility index (Phi) is 30.1. The molecule has 142 heavy (non-hydrogen) atoms. The molecule has 36 heteroatoms. The van der Waals surface area contributed by atoms with Gasteiger partial charge in [0, 0.05) is 175 Å². The zero-order valence-corrected chi connectivity index (χ0v) is 81.2. The number of piperazine rings is 4. The predicted octanol–water partition coefficient (Wildman–Crippen LogP) is 8.28. The number of nitrogens with zero attached hydrogens (tertiary/aromatic N) is 16. The number of benzene rings is 4. The number of nitrogens with one attached hydrogen (secondary N) is 4. The minimum atomic E-state index is -0.544. The summed E-state index contributed by atoms with van der Waals surface area (Å²) in [7, 11) is 0. The van der Waals surface area contributed by atoms with Crippen molar-refractivity contribution in [3.63, 3.8) is 0 Å². The highest BCUT2D eigenvalue weighted by atomic mass is 16.2. The molecular formula is C106H120N20O16. The van der Waals surface area contributed by atoms with Crippen molar-refractivity contribution < 1.29 is 38.4 Å². The molecule has 4 aliphatic carbocycles. The summed E-state index contributed by atoms with van der Waals surface area (Å²) in [6.45, 7) is 20.3. The van der Waals surface area contributed by atoms with Crippen LogP contribution < -0.4 is 45.0 Å². The van der Waals surface area contributed by atoms with E-state index < -0.39 is 45.0 Å². The molecule has 0 spiro atoms. The lowest BCUT2D eigenvalue weighted by molar-refractivity contribution is -0.137. The molecule has 4 aromatic carbocycles. The second-order valence-electron chi connectivity index (χ2n) is 38.9. The summed E-state index contributed by atoms with van der Waals surface area (Å²) < 4.78 is 5.75. The van der Waals surface area contributed by atoms with Crippen LogP contribution in [0.5, 0.6) is 0 Å². The number of amides is 8. The number of aromatic amines is 4. The molecule has 4 N–H and O–H groups in total. The van der Waals surface area contributed by atoms with Crippen LogP contribution >= 0.6 is 0 Å². The number of hydrogen-bond donors (Lipinski definition) is 4. The number of carbonyl (C=O) groups is 8. The summed E-state index contributed by atoms with van der Waals surface area (Å²) in [4.78, 5) is 245. The molecule has 0 radical (unpaired) electrons. The number of pyridine rings is 4. The van der Waals surface area contributed by atoms with Gasteiger partial charge in [0.25, 0.3) is 45.9 Å². The van der Waals surface area contributed by atoms with Crippen molar-refractivity contribution in [1.82, 2.24) is 97.3 Å². The molecule has 4 saturated heterocycles.